The minimum absolute atomic E-state index is 0.148. The molecule has 13 heavy (non-hydrogen) atoms. The first-order valence-corrected chi connectivity index (χ1v) is 4.65. The first-order valence-electron chi connectivity index (χ1n) is 3.88. The van der Waals surface area contributed by atoms with Crippen LogP contribution in [0.4, 0.5) is 10.7 Å². The molecule has 0 radical (unpaired) electrons. The number of likely N-dealkylation sites (N-methyl/N-ethyl adjacent to an activating group) is 1. The second-order valence-corrected chi connectivity index (χ2v) is 3.64. The maximum atomic E-state index is 10.8. The summed E-state index contributed by atoms with van der Waals surface area (Å²) in [5.41, 5.74) is 0.860. The Hall–Kier alpha value is -1.30. The first-order chi connectivity index (χ1) is 6.20. The summed E-state index contributed by atoms with van der Waals surface area (Å²) in [6.45, 7) is 1.65. The van der Waals surface area contributed by atoms with E-state index in [9.17, 15) is 4.79 Å². The molecule has 0 atom stereocenters. The Morgan fingerprint density at radius 3 is 3.23 bits per heavy atom. The number of aromatic nitrogens is 1. The number of carboxylic acids is 1. The minimum atomic E-state index is -0.965. The smallest absolute Gasteiger partial charge is 0.357 e. The van der Waals surface area contributed by atoms with E-state index in [1.54, 1.807) is 0 Å². The van der Waals surface area contributed by atoms with Crippen LogP contribution in [0.15, 0.2) is 0 Å². The van der Waals surface area contributed by atoms with Crippen LogP contribution in [0.1, 0.15) is 10.5 Å². The second kappa shape index (κ2) is 2.88. The number of carboxylic acid groups (broad SMARTS) is 1. The van der Waals surface area contributed by atoms with E-state index in [1.165, 1.54) is 11.5 Å². The predicted octanol–water partition coefficient (Wildman–Crippen LogP) is 0.703. The third kappa shape index (κ3) is 1.23. The molecular weight excluding hydrogens is 190 g/mol. The molecule has 2 heterocycles. The number of nitrogens with zero attached hydrogens (tertiary/aromatic N) is 2. The van der Waals surface area contributed by atoms with Crippen molar-refractivity contribution in [2.24, 2.45) is 0 Å². The number of aromatic carboxylic acids is 1. The zero-order valence-electron chi connectivity index (χ0n) is 7.07. The molecular formula is C7H9N3O2S. The van der Waals surface area contributed by atoms with E-state index in [4.69, 9.17) is 5.11 Å². The number of fused-ring (bicyclic) bond motifs is 1. The van der Waals surface area contributed by atoms with Gasteiger partial charge in [0.1, 0.15) is 10.7 Å². The van der Waals surface area contributed by atoms with Crippen LogP contribution in [0, 0.1) is 0 Å². The normalized spacial score (nSPS) is 15.0. The van der Waals surface area contributed by atoms with Crippen molar-refractivity contribution < 1.29 is 9.90 Å². The van der Waals surface area contributed by atoms with Gasteiger partial charge in [0, 0.05) is 20.1 Å². The lowest BCUT2D eigenvalue weighted by molar-refractivity contribution is 0.0692. The number of rotatable bonds is 1. The van der Waals surface area contributed by atoms with E-state index in [1.807, 2.05) is 11.9 Å². The van der Waals surface area contributed by atoms with Crippen molar-refractivity contribution in [3.8, 4) is 0 Å². The average Bonchev–Trinajstić information content (AvgIpc) is 2.49. The van der Waals surface area contributed by atoms with Crippen LogP contribution in [0.5, 0.6) is 0 Å². The van der Waals surface area contributed by atoms with Gasteiger partial charge in [0.25, 0.3) is 0 Å². The van der Waals surface area contributed by atoms with E-state index in [0.717, 1.165) is 18.1 Å². The van der Waals surface area contributed by atoms with Gasteiger partial charge < -0.3 is 15.3 Å². The van der Waals surface area contributed by atoms with Gasteiger partial charge in [-0.3, -0.25) is 0 Å². The molecule has 70 valence electrons. The van der Waals surface area contributed by atoms with Crippen LogP contribution in [-0.4, -0.2) is 35.6 Å². The minimum Gasteiger partial charge on any atom is -0.476 e. The quantitative estimate of drug-likeness (QED) is 0.697. The molecule has 1 aliphatic heterocycles. The fourth-order valence-corrected chi connectivity index (χ4v) is 2.20. The summed E-state index contributed by atoms with van der Waals surface area (Å²) in [6, 6.07) is 0. The molecule has 0 aromatic carbocycles. The Bertz CT molecular complexity index is 350. The largest absolute Gasteiger partial charge is 0.476 e. The van der Waals surface area contributed by atoms with Crippen molar-refractivity contribution in [2.45, 2.75) is 0 Å². The topological polar surface area (TPSA) is 65.5 Å². The maximum absolute atomic E-state index is 10.8. The van der Waals surface area contributed by atoms with Gasteiger partial charge in [-0.2, -0.15) is 4.37 Å². The summed E-state index contributed by atoms with van der Waals surface area (Å²) in [5, 5.41) is 12.8. The highest BCUT2D eigenvalue weighted by molar-refractivity contribution is 7.11. The summed E-state index contributed by atoms with van der Waals surface area (Å²) < 4.78 is 3.89. The zero-order valence-corrected chi connectivity index (χ0v) is 7.89. The maximum Gasteiger partial charge on any atom is 0.357 e. The van der Waals surface area contributed by atoms with Crippen molar-refractivity contribution in [1.29, 1.82) is 0 Å². The Kier molecular flexibility index (Phi) is 1.84. The lowest BCUT2D eigenvalue weighted by Crippen LogP contribution is -2.30. The molecule has 0 bridgehead atoms. The van der Waals surface area contributed by atoms with Crippen LogP contribution in [-0.2, 0) is 0 Å². The highest BCUT2D eigenvalue weighted by Gasteiger charge is 2.24. The Labute approximate surface area is 79.2 Å². The highest BCUT2D eigenvalue weighted by Crippen LogP contribution is 2.35. The van der Waals surface area contributed by atoms with Gasteiger partial charge in [-0.1, -0.05) is 0 Å². The molecule has 1 aromatic heterocycles. The molecule has 1 aliphatic rings. The molecule has 2 rings (SSSR count). The van der Waals surface area contributed by atoms with Gasteiger partial charge in [0.05, 0.1) is 0 Å². The van der Waals surface area contributed by atoms with Gasteiger partial charge in [-0.05, 0) is 11.5 Å². The van der Waals surface area contributed by atoms with Crippen molar-refractivity contribution in [3.05, 3.63) is 5.69 Å². The van der Waals surface area contributed by atoms with Crippen LogP contribution in [0.3, 0.4) is 0 Å². The number of carbonyl (C=O) groups is 1. The second-order valence-electron chi connectivity index (χ2n) is 2.86. The third-order valence-electron chi connectivity index (χ3n) is 1.98. The van der Waals surface area contributed by atoms with Crippen molar-refractivity contribution >= 4 is 28.2 Å². The summed E-state index contributed by atoms with van der Waals surface area (Å²) in [4.78, 5) is 12.7. The molecule has 0 aliphatic carbocycles. The predicted molar refractivity (Wildman–Crippen MR) is 50.8 cm³/mol. The van der Waals surface area contributed by atoms with Gasteiger partial charge in [-0.15, -0.1) is 0 Å². The molecule has 0 spiro atoms. The summed E-state index contributed by atoms with van der Waals surface area (Å²) >= 11 is 1.20. The molecule has 0 unspecified atom stereocenters. The van der Waals surface area contributed by atoms with Crippen molar-refractivity contribution in [1.82, 2.24) is 4.37 Å². The lowest BCUT2D eigenvalue weighted by Gasteiger charge is -2.25. The monoisotopic (exact) mass is 199 g/mol. The summed E-state index contributed by atoms with van der Waals surface area (Å²) in [7, 11) is 1.88. The zero-order chi connectivity index (χ0) is 9.42. The standard InChI is InChI=1S/C7H9N3O2S/c1-10-3-2-8-6-5(10)4(7(11)12)9-13-6/h8H,2-3H2,1H3,(H,11,12). The number of hydrogen-bond acceptors (Lipinski definition) is 5. The van der Waals surface area contributed by atoms with E-state index in [0.29, 0.717) is 5.69 Å². The molecule has 0 amide bonds. The van der Waals surface area contributed by atoms with E-state index < -0.39 is 5.97 Å². The number of nitrogens with one attached hydrogen (secondary N) is 1. The number of anilines is 2. The average molecular weight is 199 g/mol. The van der Waals surface area contributed by atoms with Crippen LogP contribution in [0.25, 0.3) is 0 Å². The molecule has 0 saturated carbocycles. The van der Waals surface area contributed by atoms with Crippen LogP contribution in [0.2, 0.25) is 0 Å². The molecule has 0 saturated heterocycles. The number of hydrogen-bond donors (Lipinski definition) is 2. The van der Waals surface area contributed by atoms with E-state index in [-0.39, 0.29) is 5.69 Å². The first kappa shape index (κ1) is 8.31. The van der Waals surface area contributed by atoms with Gasteiger partial charge in [0.15, 0.2) is 5.69 Å². The SMILES string of the molecule is CN1CCNc2snc(C(=O)O)c21. The fraction of sp³-hybridized carbons (Fsp3) is 0.429. The summed E-state index contributed by atoms with van der Waals surface area (Å²) in [6.07, 6.45) is 0. The van der Waals surface area contributed by atoms with Crippen LogP contribution >= 0.6 is 11.5 Å². The van der Waals surface area contributed by atoms with Gasteiger partial charge in [0.2, 0.25) is 0 Å². The Morgan fingerprint density at radius 2 is 2.54 bits per heavy atom. The molecule has 0 fully saturated rings. The molecule has 2 N–H and O–H groups in total. The van der Waals surface area contributed by atoms with Gasteiger partial charge >= 0.3 is 5.97 Å². The van der Waals surface area contributed by atoms with Crippen molar-refractivity contribution in [3.63, 3.8) is 0 Å². The Morgan fingerprint density at radius 1 is 1.77 bits per heavy atom. The molecule has 5 nitrogen and oxygen atoms in total. The lowest BCUT2D eigenvalue weighted by atomic mass is 10.3. The summed E-state index contributed by atoms with van der Waals surface area (Å²) in [5.74, 6) is -0.965. The molecule has 1 aromatic rings. The van der Waals surface area contributed by atoms with Crippen LogP contribution < -0.4 is 10.2 Å². The van der Waals surface area contributed by atoms with E-state index >= 15 is 0 Å². The fourth-order valence-electron chi connectivity index (χ4n) is 1.34. The van der Waals surface area contributed by atoms with E-state index in [2.05, 4.69) is 9.69 Å². The highest BCUT2D eigenvalue weighted by atomic mass is 32.1. The van der Waals surface area contributed by atoms with Crippen molar-refractivity contribution in [2.75, 3.05) is 30.4 Å². The molecule has 6 heteroatoms. The third-order valence-corrected chi connectivity index (χ3v) is 2.78. The van der Waals surface area contributed by atoms with Gasteiger partial charge in [-0.25, -0.2) is 4.79 Å². The Balaban J connectivity index is 2.50.